The van der Waals surface area contributed by atoms with Crippen LogP contribution in [0.4, 0.5) is 5.69 Å². The third kappa shape index (κ3) is 2.45. The summed E-state index contributed by atoms with van der Waals surface area (Å²) >= 11 is 0. The number of hydrogen-bond donors (Lipinski definition) is 1. The van der Waals surface area contributed by atoms with Crippen LogP contribution >= 0.6 is 0 Å². The van der Waals surface area contributed by atoms with Gasteiger partial charge in [0.15, 0.2) is 0 Å². The van der Waals surface area contributed by atoms with Crippen LogP contribution in [0.15, 0.2) is 24.3 Å². The number of nitrogen functional groups attached to an aromatic ring is 1. The summed E-state index contributed by atoms with van der Waals surface area (Å²) in [6, 6.07) is 7.03. The van der Waals surface area contributed by atoms with Gasteiger partial charge >= 0.3 is 5.97 Å². The second-order valence-electron chi connectivity index (χ2n) is 5.49. The largest absolute Gasteiger partial charge is 0.459 e. The molecule has 1 atom stereocenters. The van der Waals surface area contributed by atoms with Gasteiger partial charge in [-0.05, 0) is 31.4 Å². The number of benzene rings is 1. The zero-order valence-electron chi connectivity index (χ0n) is 10.9. The molecule has 3 rings (SSSR count). The molecular weight excluding hydrogens is 242 g/mol. The summed E-state index contributed by atoms with van der Waals surface area (Å²) in [4.78, 5) is 12.1. The third-order valence-electron chi connectivity index (χ3n) is 4.17. The van der Waals surface area contributed by atoms with Crippen LogP contribution in [0.25, 0.3) is 0 Å². The predicted molar refractivity (Wildman–Crippen MR) is 71.8 cm³/mol. The van der Waals surface area contributed by atoms with E-state index in [0.29, 0.717) is 17.9 Å². The number of nitrogens with two attached hydrogens (primary N) is 1. The molecule has 1 heterocycles. The Morgan fingerprint density at radius 2 is 2.16 bits per heavy atom. The van der Waals surface area contributed by atoms with Crippen LogP contribution in [0.1, 0.15) is 42.5 Å². The normalized spacial score (nSPS) is 24.7. The van der Waals surface area contributed by atoms with Crippen molar-refractivity contribution in [3.8, 4) is 0 Å². The highest BCUT2D eigenvalue weighted by Crippen LogP contribution is 2.43. The van der Waals surface area contributed by atoms with E-state index in [9.17, 15) is 4.79 Å². The molecule has 2 aliphatic rings. The van der Waals surface area contributed by atoms with Gasteiger partial charge < -0.3 is 15.2 Å². The van der Waals surface area contributed by atoms with Gasteiger partial charge in [-0.25, -0.2) is 4.79 Å². The van der Waals surface area contributed by atoms with E-state index < -0.39 is 0 Å². The molecule has 1 saturated heterocycles. The van der Waals surface area contributed by atoms with Gasteiger partial charge in [-0.3, -0.25) is 0 Å². The minimum Gasteiger partial charge on any atom is -0.459 e. The van der Waals surface area contributed by atoms with E-state index in [-0.39, 0.29) is 17.7 Å². The number of carbonyl (C=O) groups excluding carboxylic acids is 1. The Kier molecular flexibility index (Phi) is 3.19. The summed E-state index contributed by atoms with van der Waals surface area (Å²) in [5, 5.41) is 0. The second-order valence-corrected chi connectivity index (χ2v) is 5.49. The second kappa shape index (κ2) is 4.85. The lowest BCUT2D eigenvalue weighted by atomic mass is 9.74. The Balaban J connectivity index is 1.65. The SMILES string of the molecule is Nc1ccccc1C(=O)OC1CCOC2(CCC2)C1. The summed E-state index contributed by atoms with van der Waals surface area (Å²) in [5.41, 5.74) is 6.71. The van der Waals surface area contributed by atoms with Crippen molar-refractivity contribution in [2.24, 2.45) is 0 Å². The Bertz CT molecular complexity index is 482. The van der Waals surface area contributed by atoms with Crippen molar-refractivity contribution < 1.29 is 14.3 Å². The van der Waals surface area contributed by atoms with Gasteiger partial charge in [-0.1, -0.05) is 12.1 Å². The molecule has 0 bridgehead atoms. The predicted octanol–water partition coefficient (Wildman–Crippen LogP) is 2.53. The van der Waals surface area contributed by atoms with Gasteiger partial charge in [0, 0.05) is 18.5 Å². The smallest absolute Gasteiger partial charge is 0.340 e. The van der Waals surface area contributed by atoms with E-state index in [0.717, 1.165) is 25.7 Å². The number of para-hydroxylation sites is 1. The standard InChI is InChI=1S/C15H19NO3/c16-13-5-2-1-4-12(13)14(17)19-11-6-9-18-15(10-11)7-3-8-15/h1-2,4-5,11H,3,6-10,16H2. The van der Waals surface area contributed by atoms with E-state index >= 15 is 0 Å². The van der Waals surface area contributed by atoms with Crippen LogP contribution in [-0.4, -0.2) is 24.3 Å². The molecule has 0 aromatic heterocycles. The first-order chi connectivity index (χ1) is 9.19. The van der Waals surface area contributed by atoms with Crippen LogP contribution in [-0.2, 0) is 9.47 Å². The molecule has 2 N–H and O–H groups in total. The molecule has 1 unspecified atom stereocenters. The Hall–Kier alpha value is -1.55. The molecule has 1 aromatic carbocycles. The van der Waals surface area contributed by atoms with E-state index in [1.54, 1.807) is 18.2 Å². The van der Waals surface area contributed by atoms with Gasteiger partial charge in [0.25, 0.3) is 0 Å². The van der Waals surface area contributed by atoms with E-state index in [4.69, 9.17) is 15.2 Å². The maximum Gasteiger partial charge on any atom is 0.340 e. The molecule has 1 saturated carbocycles. The fourth-order valence-electron chi connectivity index (χ4n) is 2.90. The van der Waals surface area contributed by atoms with E-state index in [2.05, 4.69) is 0 Å². The van der Waals surface area contributed by atoms with Gasteiger partial charge in [-0.2, -0.15) is 0 Å². The minimum absolute atomic E-state index is 0.00850. The summed E-state index contributed by atoms with van der Waals surface area (Å²) in [5.74, 6) is -0.320. The molecule has 1 spiro atoms. The molecule has 1 aliphatic heterocycles. The maximum atomic E-state index is 12.1. The number of anilines is 1. The van der Waals surface area contributed by atoms with Gasteiger partial charge in [0.1, 0.15) is 6.10 Å². The molecule has 1 aliphatic carbocycles. The number of carbonyl (C=O) groups is 1. The zero-order chi connectivity index (χ0) is 13.3. The van der Waals surface area contributed by atoms with Crippen LogP contribution in [0.3, 0.4) is 0 Å². The van der Waals surface area contributed by atoms with E-state index in [1.165, 1.54) is 6.42 Å². The summed E-state index contributed by atoms with van der Waals surface area (Å²) < 4.78 is 11.4. The van der Waals surface area contributed by atoms with Crippen molar-refractivity contribution in [1.29, 1.82) is 0 Å². The van der Waals surface area contributed by atoms with Crippen molar-refractivity contribution in [3.05, 3.63) is 29.8 Å². The van der Waals surface area contributed by atoms with Gasteiger partial charge in [-0.15, -0.1) is 0 Å². The Morgan fingerprint density at radius 3 is 2.84 bits per heavy atom. The van der Waals surface area contributed by atoms with E-state index in [1.807, 2.05) is 6.07 Å². The molecule has 0 amide bonds. The number of ether oxygens (including phenoxy) is 2. The highest BCUT2D eigenvalue weighted by Gasteiger charge is 2.43. The van der Waals surface area contributed by atoms with Crippen molar-refractivity contribution in [2.75, 3.05) is 12.3 Å². The first kappa shape index (κ1) is 12.5. The average molecular weight is 261 g/mol. The van der Waals surface area contributed by atoms with Gasteiger partial charge in [0.2, 0.25) is 0 Å². The number of hydrogen-bond acceptors (Lipinski definition) is 4. The fraction of sp³-hybridized carbons (Fsp3) is 0.533. The monoisotopic (exact) mass is 261 g/mol. The average Bonchev–Trinajstić information content (AvgIpc) is 2.37. The van der Waals surface area contributed by atoms with Crippen molar-refractivity contribution in [1.82, 2.24) is 0 Å². The first-order valence-corrected chi connectivity index (χ1v) is 6.88. The molecule has 4 heteroatoms. The van der Waals surface area contributed by atoms with Crippen LogP contribution in [0, 0.1) is 0 Å². The van der Waals surface area contributed by atoms with Crippen molar-refractivity contribution >= 4 is 11.7 Å². The van der Waals surface area contributed by atoms with Crippen LogP contribution in [0.5, 0.6) is 0 Å². The number of rotatable bonds is 2. The fourth-order valence-corrected chi connectivity index (χ4v) is 2.90. The molecule has 19 heavy (non-hydrogen) atoms. The summed E-state index contributed by atoms with van der Waals surface area (Å²) in [6.45, 7) is 0.683. The molecule has 0 radical (unpaired) electrons. The van der Waals surface area contributed by atoms with Crippen LogP contribution < -0.4 is 5.73 Å². The Labute approximate surface area is 112 Å². The third-order valence-corrected chi connectivity index (χ3v) is 4.17. The highest BCUT2D eigenvalue weighted by molar-refractivity contribution is 5.95. The summed E-state index contributed by atoms with van der Waals surface area (Å²) in [6.07, 6.45) is 4.96. The lowest BCUT2D eigenvalue weighted by Crippen LogP contribution is -2.48. The molecule has 4 nitrogen and oxygen atoms in total. The summed E-state index contributed by atoms with van der Waals surface area (Å²) in [7, 11) is 0. The first-order valence-electron chi connectivity index (χ1n) is 6.88. The highest BCUT2D eigenvalue weighted by atomic mass is 16.6. The lowest BCUT2D eigenvalue weighted by molar-refractivity contribution is -0.159. The molecular formula is C15H19NO3. The minimum atomic E-state index is -0.320. The Morgan fingerprint density at radius 1 is 1.37 bits per heavy atom. The van der Waals surface area contributed by atoms with Crippen molar-refractivity contribution in [3.63, 3.8) is 0 Å². The molecule has 1 aromatic rings. The van der Waals surface area contributed by atoms with Gasteiger partial charge in [0.05, 0.1) is 17.8 Å². The van der Waals surface area contributed by atoms with Crippen LogP contribution in [0.2, 0.25) is 0 Å². The lowest BCUT2D eigenvalue weighted by Gasteiger charge is -2.46. The zero-order valence-corrected chi connectivity index (χ0v) is 10.9. The quantitative estimate of drug-likeness (QED) is 0.656. The maximum absolute atomic E-state index is 12.1. The molecule has 2 fully saturated rings. The number of esters is 1. The molecule has 102 valence electrons. The van der Waals surface area contributed by atoms with Crippen molar-refractivity contribution in [2.45, 2.75) is 43.8 Å². The topological polar surface area (TPSA) is 61.6 Å².